The van der Waals surface area contributed by atoms with Gasteiger partial charge in [-0.05, 0) is 42.7 Å². The van der Waals surface area contributed by atoms with Crippen molar-refractivity contribution in [2.24, 2.45) is 5.92 Å². The fourth-order valence-electron chi connectivity index (χ4n) is 3.38. The summed E-state index contributed by atoms with van der Waals surface area (Å²) < 4.78 is 1.66. The van der Waals surface area contributed by atoms with Gasteiger partial charge in [-0.1, -0.05) is 29.8 Å². The molecule has 0 saturated carbocycles. The van der Waals surface area contributed by atoms with Gasteiger partial charge in [0.1, 0.15) is 0 Å². The maximum absolute atomic E-state index is 12.6. The first-order valence-corrected chi connectivity index (χ1v) is 9.68. The fourth-order valence-corrected chi connectivity index (χ4v) is 3.58. The summed E-state index contributed by atoms with van der Waals surface area (Å²) in [5.74, 6) is 1.41. The average Bonchev–Trinajstić information content (AvgIpc) is 3.28. The fraction of sp³-hybridized carbons (Fsp3) is 0.300. The molecule has 0 aliphatic carbocycles. The van der Waals surface area contributed by atoms with Gasteiger partial charge in [0.15, 0.2) is 11.6 Å². The van der Waals surface area contributed by atoms with Crippen LogP contribution in [0.5, 0.6) is 0 Å². The molecule has 8 heteroatoms. The van der Waals surface area contributed by atoms with E-state index in [1.165, 1.54) is 0 Å². The first-order chi connectivity index (χ1) is 13.7. The van der Waals surface area contributed by atoms with E-state index in [-0.39, 0.29) is 11.8 Å². The highest BCUT2D eigenvalue weighted by Gasteiger charge is 2.26. The summed E-state index contributed by atoms with van der Waals surface area (Å²) >= 11 is 6.17. The number of aromatic nitrogens is 4. The molecular weight excluding hydrogens is 376 g/mol. The number of anilines is 1. The molecule has 2 aromatic heterocycles. The lowest BCUT2D eigenvalue weighted by molar-refractivity contribution is -0.125. The number of rotatable bonds is 5. The van der Waals surface area contributed by atoms with Crippen LogP contribution in [-0.2, 0) is 11.3 Å². The molecule has 0 radical (unpaired) electrons. The highest BCUT2D eigenvalue weighted by Crippen LogP contribution is 2.22. The molecule has 1 aromatic carbocycles. The number of benzene rings is 1. The zero-order chi connectivity index (χ0) is 19.3. The van der Waals surface area contributed by atoms with Gasteiger partial charge in [-0.3, -0.25) is 4.79 Å². The van der Waals surface area contributed by atoms with Gasteiger partial charge >= 0.3 is 0 Å². The zero-order valence-corrected chi connectivity index (χ0v) is 16.1. The molecule has 1 aliphatic rings. The van der Waals surface area contributed by atoms with Crippen LogP contribution in [0.4, 0.5) is 5.82 Å². The van der Waals surface area contributed by atoms with Crippen LogP contribution in [0.25, 0.3) is 5.82 Å². The third-order valence-corrected chi connectivity index (χ3v) is 5.27. The molecule has 1 unspecified atom stereocenters. The molecule has 28 heavy (non-hydrogen) atoms. The topological polar surface area (TPSA) is 75.9 Å². The second kappa shape index (κ2) is 8.39. The summed E-state index contributed by atoms with van der Waals surface area (Å²) in [5.41, 5.74) is 0.922. The quantitative estimate of drug-likeness (QED) is 0.717. The Hall–Kier alpha value is -2.93. The maximum Gasteiger partial charge on any atom is 0.225 e. The minimum Gasteiger partial charge on any atom is -0.354 e. The van der Waals surface area contributed by atoms with Crippen molar-refractivity contribution < 1.29 is 4.79 Å². The Balaban J connectivity index is 1.37. The van der Waals surface area contributed by atoms with Crippen molar-refractivity contribution in [1.82, 2.24) is 25.3 Å². The van der Waals surface area contributed by atoms with Gasteiger partial charge in [0.25, 0.3) is 0 Å². The van der Waals surface area contributed by atoms with Crippen molar-refractivity contribution in [3.05, 3.63) is 65.4 Å². The molecule has 4 rings (SSSR count). The summed E-state index contributed by atoms with van der Waals surface area (Å²) in [5, 5.41) is 16.4. The lowest BCUT2D eigenvalue weighted by atomic mass is 9.97. The molecule has 3 heterocycles. The normalized spacial score (nSPS) is 16.8. The van der Waals surface area contributed by atoms with Crippen LogP contribution in [0.15, 0.2) is 54.9 Å². The molecule has 3 aromatic rings. The minimum absolute atomic E-state index is 0.0470. The van der Waals surface area contributed by atoms with Crippen molar-refractivity contribution >= 4 is 23.3 Å². The summed E-state index contributed by atoms with van der Waals surface area (Å²) in [6, 6.07) is 13.2. The van der Waals surface area contributed by atoms with E-state index >= 15 is 0 Å². The number of hydrogen-bond acceptors (Lipinski definition) is 5. The highest BCUT2D eigenvalue weighted by molar-refractivity contribution is 6.31. The van der Waals surface area contributed by atoms with E-state index in [1.807, 2.05) is 48.7 Å². The summed E-state index contributed by atoms with van der Waals surface area (Å²) in [6.45, 7) is 1.93. The Kier molecular flexibility index (Phi) is 5.53. The Labute approximate surface area is 168 Å². The van der Waals surface area contributed by atoms with E-state index in [0.717, 1.165) is 30.8 Å². The lowest BCUT2D eigenvalue weighted by Crippen LogP contribution is -2.43. The summed E-state index contributed by atoms with van der Waals surface area (Å²) in [4.78, 5) is 14.8. The van der Waals surface area contributed by atoms with E-state index in [2.05, 4.69) is 25.5 Å². The number of carbonyl (C=O) groups is 1. The average molecular weight is 397 g/mol. The van der Waals surface area contributed by atoms with Crippen molar-refractivity contribution in [2.75, 3.05) is 18.0 Å². The molecule has 1 N–H and O–H groups in total. The van der Waals surface area contributed by atoms with Crippen LogP contribution in [0.1, 0.15) is 18.4 Å². The van der Waals surface area contributed by atoms with E-state index in [9.17, 15) is 4.79 Å². The number of nitrogens with zero attached hydrogens (tertiary/aromatic N) is 5. The number of amides is 1. The lowest BCUT2D eigenvalue weighted by Gasteiger charge is -2.32. The molecule has 1 saturated heterocycles. The molecule has 1 fully saturated rings. The number of hydrogen-bond donors (Lipinski definition) is 1. The van der Waals surface area contributed by atoms with Gasteiger partial charge in [0.05, 0.1) is 5.92 Å². The van der Waals surface area contributed by atoms with Gasteiger partial charge in [0.2, 0.25) is 5.91 Å². The first kappa shape index (κ1) is 18.4. The Morgan fingerprint density at radius 1 is 1.14 bits per heavy atom. The Morgan fingerprint density at radius 2 is 1.96 bits per heavy atom. The zero-order valence-electron chi connectivity index (χ0n) is 15.3. The first-order valence-electron chi connectivity index (χ1n) is 9.30. The van der Waals surface area contributed by atoms with Crippen LogP contribution in [0, 0.1) is 5.92 Å². The van der Waals surface area contributed by atoms with Crippen molar-refractivity contribution in [3.63, 3.8) is 0 Å². The monoisotopic (exact) mass is 396 g/mol. The van der Waals surface area contributed by atoms with E-state index in [0.29, 0.717) is 23.9 Å². The number of halogens is 1. The summed E-state index contributed by atoms with van der Waals surface area (Å²) in [7, 11) is 0. The molecular formula is C20H21ClN6O. The SMILES string of the molecule is O=C(NCc1ccccc1Cl)C1CCCN(c2ccc(-n3cccn3)nn2)C1. The molecule has 7 nitrogen and oxygen atoms in total. The largest absolute Gasteiger partial charge is 0.354 e. The molecule has 144 valence electrons. The molecule has 1 aliphatic heterocycles. The van der Waals surface area contributed by atoms with Crippen LogP contribution in [-0.4, -0.2) is 39.0 Å². The van der Waals surface area contributed by atoms with Crippen molar-refractivity contribution in [2.45, 2.75) is 19.4 Å². The van der Waals surface area contributed by atoms with Crippen molar-refractivity contribution in [3.8, 4) is 5.82 Å². The van der Waals surface area contributed by atoms with E-state index in [1.54, 1.807) is 10.9 Å². The summed E-state index contributed by atoms with van der Waals surface area (Å²) in [6.07, 6.45) is 5.33. The number of carbonyl (C=O) groups excluding carboxylic acids is 1. The third kappa shape index (κ3) is 4.14. The molecule has 0 spiro atoms. The number of piperidine rings is 1. The second-order valence-corrected chi connectivity index (χ2v) is 7.20. The van der Waals surface area contributed by atoms with Crippen LogP contribution in [0.2, 0.25) is 5.02 Å². The Bertz CT molecular complexity index is 928. The highest BCUT2D eigenvalue weighted by atomic mass is 35.5. The standard InChI is InChI=1S/C20H21ClN6O/c21-17-7-2-1-5-15(17)13-22-20(28)16-6-3-11-26(14-16)18-8-9-19(25-24-18)27-12-4-10-23-27/h1-2,4-5,7-10,12,16H,3,6,11,13-14H2,(H,22,28). The van der Waals surface area contributed by atoms with E-state index < -0.39 is 0 Å². The smallest absolute Gasteiger partial charge is 0.225 e. The van der Waals surface area contributed by atoms with Crippen LogP contribution >= 0.6 is 11.6 Å². The van der Waals surface area contributed by atoms with Gasteiger partial charge < -0.3 is 10.2 Å². The van der Waals surface area contributed by atoms with E-state index in [4.69, 9.17) is 11.6 Å². The molecule has 0 bridgehead atoms. The molecule has 1 amide bonds. The van der Waals surface area contributed by atoms with Gasteiger partial charge in [0, 0.05) is 37.1 Å². The Morgan fingerprint density at radius 3 is 2.71 bits per heavy atom. The van der Waals surface area contributed by atoms with Crippen molar-refractivity contribution in [1.29, 1.82) is 0 Å². The van der Waals surface area contributed by atoms with Gasteiger partial charge in [-0.2, -0.15) is 5.10 Å². The predicted octanol–water partition coefficient (Wildman–Crippen LogP) is 2.85. The van der Waals surface area contributed by atoms with Crippen LogP contribution < -0.4 is 10.2 Å². The van der Waals surface area contributed by atoms with Crippen LogP contribution in [0.3, 0.4) is 0 Å². The maximum atomic E-state index is 12.6. The second-order valence-electron chi connectivity index (χ2n) is 6.79. The van der Waals surface area contributed by atoms with Gasteiger partial charge in [-0.15, -0.1) is 10.2 Å². The third-order valence-electron chi connectivity index (χ3n) is 4.90. The molecule has 1 atom stereocenters. The minimum atomic E-state index is -0.0798. The predicted molar refractivity (Wildman–Crippen MR) is 107 cm³/mol. The number of nitrogens with one attached hydrogen (secondary N) is 1. The van der Waals surface area contributed by atoms with Gasteiger partial charge in [-0.25, -0.2) is 4.68 Å².